The van der Waals surface area contributed by atoms with Crippen LogP contribution < -0.4 is 5.32 Å². The number of nitrogens with zero attached hydrogens (tertiary/aromatic N) is 2. The summed E-state index contributed by atoms with van der Waals surface area (Å²) in [7, 11) is -2.37. The Morgan fingerprint density at radius 2 is 1.65 bits per heavy atom. The molecule has 1 N–H and O–H groups in total. The number of anilines is 1. The molecule has 0 aliphatic carbocycles. The number of methoxy groups -OCH3 is 1. The normalized spacial score (nSPS) is 20.8. The Labute approximate surface area is 182 Å². The Kier molecular flexibility index (Phi) is 7.32. The van der Waals surface area contributed by atoms with Gasteiger partial charge in [-0.1, -0.05) is 0 Å². The van der Waals surface area contributed by atoms with E-state index in [1.165, 1.54) is 30.5 Å². The largest absolute Gasteiger partial charge is 0.469 e. The molecule has 0 saturated carbocycles. The Bertz CT molecular complexity index is 923. The molecule has 0 spiro atoms. The van der Waals surface area contributed by atoms with Crippen LogP contribution >= 0.6 is 0 Å². The van der Waals surface area contributed by atoms with Gasteiger partial charge in [0.05, 0.1) is 23.8 Å². The number of piperidine rings is 2. The van der Waals surface area contributed by atoms with Crippen molar-refractivity contribution in [3.63, 3.8) is 0 Å². The van der Waals surface area contributed by atoms with E-state index in [1.807, 2.05) is 0 Å². The molecule has 9 nitrogen and oxygen atoms in total. The van der Waals surface area contributed by atoms with Crippen molar-refractivity contribution in [3.8, 4) is 0 Å². The van der Waals surface area contributed by atoms with Gasteiger partial charge in [-0.25, -0.2) is 8.42 Å². The van der Waals surface area contributed by atoms with Crippen LogP contribution in [0.1, 0.15) is 32.6 Å². The molecular weight excluding hydrogens is 422 g/mol. The van der Waals surface area contributed by atoms with E-state index in [4.69, 9.17) is 4.74 Å². The second-order valence-corrected chi connectivity index (χ2v) is 9.97. The van der Waals surface area contributed by atoms with Crippen LogP contribution in [0, 0.1) is 11.8 Å². The molecule has 1 aromatic carbocycles. The summed E-state index contributed by atoms with van der Waals surface area (Å²) in [5.74, 6) is -1.10. The Balaban J connectivity index is 1.63. The van der Waals surface area contributed by atoms with Gasteiger partial charge in [0, 0.05) is 38.8 Å². The number of amides is 2. The fourth-order valence-electron chi connectivity index (χ4n) is 4.19. The van der Waals surface area contributed by atoms with Gasteiger partial charge in [0.1, 0.15) is 0 Å². The van der Waals surface area contributed by atoms with E-state index < -0.39 is 15.9 Å². The van der Waals surface area contributed by atoms with Crippen LogP contribution in [0.4, 0.5) is 5.69 Å². The zero-order valence-corrected chi connectivity index (χ0v) is 18.7. The smallest absolute Gasteiger partial charge is 0.308 e. The van der Waals surface area contributed by atoms with Gasteiger partial charge in [-0.3, -0.25) is 14.4 Å². The van der Waals surface area contributed by atoms with Crippen molar-refractivity contribution in [1.29, 1.82) is 0 Å². The van der Waals surface area contributed by atoms with E-state index in [-0.39, 0.29) is 35.1 Å². The van der Waals surface area contributed by atoms with E-state index in [1.54, 1.807) is 17.0 Å². The molecule has 170 valence electrons. The SMILES string of the molecule is COC(=O)C1CCN(C(=O)C2CCCN(S(=O)(=O)c3ccc(NC(C)=O)cc3)C2)CC1. The van der Waals surface area contributed by atoms with Crippen molar-refractivity contribution in [2.45, 2.75) is 37.5 Å². The third-order valence-corrected chi connectivity index (χ3v) is 7.77. The highest BCUT2D eigenvalue weighted by Gasteiger charge is 2.36. The van der Waals surface area contributed by atoms with Crippen LogP contribution in [0.15, 0.2) is 29.2 Å². The van der Waals surface area contributed by atoms with E-state index >= 15 is 0 Å². The highest BCUT2D eigenvalue weighted by atomic mass is 32.2. The number of carbonyl (C=O) groups is 3. The minimum absolute atomic E-state index is 0.0516. The van der Waals surface area contributed by atoms with Gasteiger partial charge in [-0.2, -0.15) is 4.31 Å². The Hall–Kier alpha value is -2.46. The highest BCUT2D eigenvalue weighted by molar-refractivity contribution is 7.89. The summed E-state index contributed by atoms with van der Waals surface area (Å²) in [4.78, 5) is 37.7. The maximum atomic E-state index is 13.1. The minimum Gasteiger partial charge on any atom is -0.469 e. The fraction of sp³-hybridized carbons (Fsp3) is 0.571. The van der Waals surface area contributed by atoms with Crippen molar-refractivity contribution in [1.82, 2.24) is 9.21 Å². The topological polar surface area (TPSA) is 113 Å². The lowest BCUT2D eigenvalue weighted by Gasteiger charge is -2.37. The number of likely N-dealkylation sites (tertiary alicyclic amines) is 1. The van der Waals surface area contributed by atoms with E-state index in [2.05, 4.69) is 5.32 Å². The number of hydrogen-bond donors (Lipinski definition) is 1. The first kappa shape index (κ1) is 23.2. The minimum atomic E-state index is -3.74. The first-order valence-corrected chi connectivity index (χ1v) is 11.9. The number of sulfonamides is 1. The second-order valence-electron chi connectivity index (χ2n) is 8.03. The van der Waals surface area contributed by atoms with Crippen LogP contribution in [-0.2, 0) is 29.1 Å². The fourth-order valence-corrected chi connectivity index (χ4v) is 5.71. The molecule has 1 aromatic rings. The third-order valence-electron chi connectivity index (χ3n) is 5.89. The predicted molar refractivity (Wildman–Crippen MR) is 114 cm³/mol. The highest BCUT2D eigenvalue weighted by Crippen LogP contribution is 2.27. The molecule has 0 radical (unpaired) electrons. The van der Waals surface area contributed by atoms with Gasteiger partial charge in [0.15, 0.2) is 0 Å². The van der Waals surface area contributed by atoms with Gasteiger partial charge in [0.25, 0.3) is 0 Å². The number of hydrogen-bond acceptors (Lipinski definition) is 6. The molecule has 2 saturated heterocycles. The summed E-state index contributed by atoms with van der Waals surface area (Å²) in [5, 5.41) is 2.61. The predicted octanol–water partition coefficient (Wildman–Crippen LogP) is 1.46. The molecule has 1 unspecified atom stereocenters. The Morgan fingerprint density at radius 3 is 2.23 bits per heavy atom. The number of benzene rings is 1. The summed E-state index contributed by atoms with van der Waals surface area (Å²) in [5.41, 5.74) is 0.522. The lowest BCUT2D eigenvalue weighted by molar-refractivity contribution is -0.149. The number of carbonyl (C=O) groups excluding carboxylic acids is 3. The maximum absolute atomic E-state index is 13.1. The average Bonchev–Trinajstić information content (AvgIpc) is 2.78. The van der Waals surface area contributed by atoms with Crippen molar-refractivity contribution >= 4 is 33.5 Å². The van der Waals surface area contributed by atoms with Crippen LogP contribution in [0.3, 0.4) is 0 Å². The molecule has 2 aliphatic heterocycles. The molecule has 2 amide bonds. The third kappa shape index (κ3) is 5.43. The molecule has 0 bridgehead atoms. The number of nitrogens with one attached hydrogen (secondary N) is 1. The average molecular weight is 452 g/mol. The van der Waals surface area contributed by atoms with Gasteiger partial charge in [0.2, 0.25) is 21.8 Å². The van der Waals surface area contributed by atoms with Crippen LogP contribution in [0.25, 0.3) is 0 Å². The van der Waals surface area contributed by atoms with Crippen LogP contribution in [0.2, 0.25) is 0 Å². The molecule has 31 heavy (non-hydrogen) atoms. The summed E-state index contributed by atoms with van der Waals surface area (Å²) in [6.45, 7) is 2.85. The number of rotatable bonds is 5. The monoisotopic (exact) mass is 451 g/mol. The van der Waals surface area contributed by atoms with E-state index in [9.17, 15) is 22.8 Å². The summed E-state index contributed by atoms with van der Waals surface area (Å²) in [6, 6.07) is 6.02. The zero-order chi connectivity index (χ0) is 22.6. The van der Waals surface area contributed by atoms with Gasteiger partial charge >= 0.3 is 5.97 Å². The van der Waals surface area contributed by atoms with Gasteiger partial charge in [-0.15, -0.1) is 0 Å². The molecule has 10 heteroatoms. The number of ether oxygens (including phenoxy) is 1. The van der Waals surface area contributed by atoms with Crippen molar-refractivity contribution in [3.05, 3.63) is 24.3 Å². The van der Waals surface area contributed by atoms with E-state index in [0.717, 1.165) is 0 Å². The summed E-state index contributed by atoms with van der Waals surface area (Å²) in [6.07, 6.45) is 2.38. The molecule has 1 atom stereocenters. The van der Waals surface area contributed by atoms with E-state index in [0.29, 0.717) is 51.0 Å². The molecule has 2 fully saturated rings. The number of esters is 1. The molecule has 2 heterocycles. The quantitative estimate of drug-likeness (QED) is 0.678. The lowest BCUT2D eigenvalue weighted by atomic mass is 9.93. The van der Waals surface area contributed by atoms with Crippen molar-refractivity contribution in [2.24, 2.45) is 11.8 Å². The molecule has 0 aromatic heterocycles. The first-order valence-electron chi connectivity index (χ1n) is 10.5. The molecule has 3 rings (SSSR count). The second kappa shape index (κ2) is 9.78. The van der Waals surface area contributed by atoms with Crippen molar-refractivity contribution in [2.75, 3.05) is 38.6 Å². The molecule has 2 aliphatic rings. The van der Waals surface area contributed by atoms with Crippen molar-refractivity contribution < 1.29 is 27.5 Å². The Morgan fingerprint density at radius 1 is 1.00 bits per heavy atom. The van der Waals surface area contributed by atoms with Gasteiger partial charge < -0.3 is 15.0 Å². The lowest BCUT2D eigenvalue weighted by Crippen LogP contribution is -2.49. The zero-order valence-electron chi connectivity index (χ0n) is 17.9. The summed E-state index contributed by atoms with van der Waals surface area (Å²) < 4.78 is 32.3. The van der Waals surface area contributed by atoms with Crippen LogP contribution in [0.5, 0.6) is 0 Å². The maximum Gasteiger partial charge on any atom is 0.308 e. The first-order chi connectivity index (χ1) is 14.7. The molecular formula is C21H29N3O6S. The van der Waals surface area contributed by atoms with Gasteiger partial charge in [-0.05, 0) is 49.9 Å². The standard InChI is InChI=1S/C21H29N3O6S/c1-15(25)22-18-5-7-19(8-6-18)31(28,29)24-11-3-4-17(14-24)20(26)23-12-9-16(10-13-23)21(27)30-2/h5-8,16-17H,3-4,9-14H2,1-2H3,(H,22,25). The van der Waals surface area contributed by atoms with Crippen LogP contribution in [-0.4, -0.2) is 68.7 Å². The summed E-state index contributed by atoms with van der Waals surface area (Å²) >= 11 is 0.